The molecule has 2 fully saturated rings. The second-order valence-corrected chi connectivity index (χ2v) is 6.22. The normalized spacial score (nSPS) is 29.4. The molecule has 0 N–H and O–H groups in total. The van der Waals surface area contributed by atoms with Crippen LogP contribution >= 0.6 is 11.6 Å². The van der Waals surface area contributed by atoms with Crippen LogP contribution in [0.5, 0.6) is 5.75 Å². The standard InChI is InChI=1S/C14H21ClN2O/c1-2-7-17-10-11(9-16-17)18-13-8-12(15)14(13)5-3-4-6-14/h9-10,12-13H,2-8H2,1H3. The molecule has 1 aromatic rings. The number of alkyl halides is 1. The molecule has 0 bridgehead atoms. The van der Waals surface area contributed by atoms with Crippen molar-refractivity contribution in [2.24, 2.45) is 5.41 Å². The molecular weight excluding hydrogens is 248 g/mol. The maximum atomic E-state index is 6.43. The van der Waals surface area contributed by atoms with Gasteiger partial charge in [0.05, 0.1) is 12.4 Å². The van der Waals surface area contributed by atoms with E-state index in [0.717, 1.165) is 25.1 Å². The lowest BCUT2D eigenvalue weighted by atomic mass is 9.64. The molecule has 1 spiro atoms. The lowest BCUT2D eigenvalue weighted by Crippen LogP contribution is -2.55. The molecule has 0 saturated heterocycles. The minimum absolute atomic E-state index is 0.258. The van der Waals surface area contributed by atoms with E-state index in [0.29, 0.717) is 11.5 Å². The molecule has 2 atom stereocenters. The molecule has 2 saturated carbocycles. The summed E-state index contributed by atoms with van der Waals surface area (Å²) in [5.41, 5.74) is 0.258. The summed E-state index contributed by atoms with van der Waals surface area (Å²) < 4.78 is 8.07. The fraction of sp³-hybridized carbons (Fsp3) is 0.786. The Bertz CT molecular complexity index is 412. The van der Waals surface area contributed by atoms with Gasteiger partial charge in [-0.1, -0.05) is 19.8 Å². The first-order chi connectivity index (χ1) is 8.74. The zero-order chi connectivity index (χ0) is 12.6. The van der Waals surface area contributed by atoms with Gasteiger partial charge >= 0.3 is 0 Å². The van der Waals surface area contributed by atoms with Crippen molar-refractivity contribution in [1.82, 2.24) is 9.78 Å². The Morgan fingerprint density at radius 3 is 2.94 bits per heavy atom. The van der Waals surface area contributed by atoms with Crippen LogP contribution in [-0.2, 0) is 6.54 Å². The van der Waals surface area contributed by atoms with Crippen molar-refractivity contribution < 1.29 is 4.74 Å². The highest BCUT2D eigenvalue weighted by atomic mass is 35.5. The molecule has 3 rings (SSSR count). The SMILES string of the molecule is CCCn1cc(OC2CC(Cl)C23CCCC3)cn1. The zero-order valence-corrected chi connectivity index (χ0v) is 11.7. The number of aromatic nitrogens is 2. The molecule has 0 aromatic carbocycles. The summed E-state index contributed by atoms with van der Waals surface area (Å²) in [6.07, 6.45) is 11.3. The van der Waals surface area contributed by atoms with Gasteiger partial charge in [-0.2, -0.15) is 5.10 Å². The van der Waals surface area contributed by atoms with Crippen molar-refractivity contribution in [3.05, 3.63) is 12.4 Å². The third kappa shape index (κ3) is 1.93. The van der Waals surface area contributed by atoms with Crippen molar-refractivity contribution in [2.45, 2.75) is 63.5 Å². The van der Waals surface area contributed by atoms with Gasteiger partial charge in [-0.3, -0.25) is 4.68 Å². The molecular formula is C14H21ClN2O. The maximum absolute atomic E-state index is 6.43. The Labute approximate surface area is 113 Å². The lowest BCUT2D eigenvalue weighted by molar-refractivity contribution is -0.0356. The molecule has 2 unspecified atom stereocenters. The van der Waals surface area contributed by atoms with Crippen molar-refractivity contribution in [3.63, 3.8) is 0 Å². The van der Waals surface area contributed by atoms with E-state index in [2.05, 4.69) is 12.0 Å². The van der Waals surface area contributed by atoms with Gasteiger partial charge in [0, 0.05) is 23.8 Å². The second-order valence-electron chi connectivity index (χ2n) is 5.69. The van der Waals surface area contributed by atoms with E-state index in [1.165, 1.54) is 25.7 Å². The van der Waals surface area contributed by atoms with Crippen molar-refractivity contribution in [2.75, 3.05) is 0 Å². The fourth-order valence-electron chi connectivity index (χ4n) is 3.45. The van der Waals surface area contributed by atoms with E-state index in [9.17, 15) is 0 Å². The van der Waals surface area contributed by atoms with Gasteiger partial charge in [-0.25, -0.2) is 0 Å². The van der Waals surface area contributed by atoms with Gasteiger partial charge in [-0.05, 0) is 19.3 Å². The number of hydrogen-bond donors (Lipinski definition) is 0. The topological polar surface area (TPSA) is 27.1 Å². The summed E-state index contributed by atoms with van der Waals surface area (Å²) in [4.78, 5) is 0. The third-order valence-corrected chi connectivity index (χ3v) is 5.17. The van der Waals surface area contributed by atoms with Gasteiger partial charge in [0.1, 0.15) is 6.10 Å². The first-order valence-corrected chi connectivity index (χ1v) is 7.51. The van der Waals surface area contributed by atoms with Crippen LogP contribution in [0.2, 0.25) is 0 Å². The van der Waals surface area contributed by atoms with Gasteiger partial charge in [-0.15, -0.1) is 11.6 Å². The number of rotatable bonds is 4. The first-order valence-electron chi connectivity index (χ1n) is 7.08. The predicted octanol–water partition coefficient (Wildman–Crippen LogP) is 3.61. The van der Waals surface area contributed by atoms with Crippen LogP contribution in [-0.4, -0.2) is 21.3 Å². The van der Waals surface area contributed by atoms with Gasteiger partial charge < -0.3 is 4.74 Å². The van der Waals surface area contributed by atoms with E-state index < -0.39 is 0 Å². The molecule has 2 aliphatic rings. The van der Waals surface area contributed by atoms with E-state index in [4.69, 9.17) is 16.3 Å². The Morgan fingerprint density at radius 2 is 2.28 bits per heavy atom. The van der Waals surface area contributed by atoms with E-state index in [1.807, 2.05) is 17.1 Å². The fourth-order valence-corrected chi connectivity index (χ4v) is 3.97. The Balaban J connectivity index is 1.65. The van der Waals surface area contributed by atoms with Gasteiger partial charge in [0.2, 0.25) is 0 Å². The van der Waals surface area contributed by atoms with Crippen molar-refractivity contribution in [3.8, 4) is 5.75 Å². The van der Waals surface area contributed by atoms with E-state index >= 15 is 0 Å². The zero-order valence-electron chi connectivity index (χ0n) is 10.9. The minimum atomic E-state index is 0.258. The van der Waals surface area contributed by atoms with Crippen molar-refractivity contribution in [1.29, 1.82) is 0 Å². The average Bonchev–Trinajstić information content (AvgIpc) is 2.99. The average molecular weight is 269 g/mol. The van der Waals surface area contributed by atoms with E-state index in [-0.39, 0.29) is 5.41 Å². The lowest BCUT2D eigenvalue weighted by Gasteiger charge is -2.50. The number of aryl methyl sites for hydroxylation is 1. The van der Waals surface area contributed by atoms with Crippen LogP contribution in [0.3, 0.4) is 0 Å². The molecule has 0 aliphatic heterocycles. The van der Waals surface area contributed by atoms with Crippen LogP contribution in [0.1, 0.15) is 45.4 Å². The minimum Gasteiger partial charge on any atom is -0.486 e. The summed E-state index contributed by atoms with van der Waals surface area (Å²) in [6, 6.07) is 0. The summed E-state index contributed by atoms with van der Waals surface area (Å²) in [6.45, 7) is 3.11. The second kappa shape index (κ2) is 4.76. The molecule has 2 aliphatic carbocycles. The summed E-state index contributed by atoms with van der Waals surface area (Å²) in [5.74, 6) is 0.906. The summed E-state index contributed by atoms with van der Waals surface area (Å²) in [7, 11) is 0. The van der Waals surface area contributed by atoms with Gasteiger partial charge in [0.25, 0.3) is 0 Å². The smallest absolute Gasteiger partial charge is 0.157 e. The third-order valence-electron chi connectivity index (χ3n) is 4.56. The number of halogens is 1. The number of ether oxygens (including phenoxy) is 1. The Hall–Kier alpha value is -0.700. The Morgan fingerprint density at radius 1 is 1.50 bits per heavy atom. The number of nitrogens with zero attached hydrogens (tertiary/aromatic N) is 2. The monoisotopic (exact) mass is 268 g/mol. The van der Waals surface area contributed by atoms with Crippen LogP contribution in [0.4, 0.5) is 0 Å². The quantitative estimate of drug-likeness (QED) is 0.780. The van der Waals surface area contributed by atoms with Crippen molar-refractivity contribution >= 4 is 11.6 Å². The molecule has 1 heterocycles. The first kappa shape index (κ1) is 12.3. The molecule has 4 heteroatoms. The predicted molar refractivity (Wildman–Crippen MR) is 72.1 cm³/mol. The molecule has 100 valence electrons. The van der Waals surface area contributed by atoms with Gasteiger partial charge in [0.15, 0.2) is 5.75 Å². The van der Waals surface area contributed by atoms with E-state index in [1.54, 1.807) is 0 Å². The summed E-state index contributed by atoms with van der Waals surface area (Å²) in [5, 5.41) is 4.63. The molecule has 1 aromatic heterocycles. The van der Waals surface area contributed by atoms with Crippen LogP contribution in [0.15, 0.2) is 12.4 Å². The van der Waals surface area contributed by atoms with Crippen LogP contribution < -0.4 is 4.74 Å². The summed E-state index contributed by atoms with van der Waals surface area (Å²) >= 11 is 6.43. The highest BCUT2D eigenvalue weighted by Crippen LogP contribution is 2.57. The van der Waals surface area contributed by atoms with Crippen LogP contribution in [0.25, 0.3) is 0 Å². The highest BCUT2D eigenvalue weighted by Gasteiger charge is 2.57. The van der Waals surface area contributed by atoms with Crippen LogP contribution in [0, 0.1) is 5.41 Å². The maximum Gasteiger partial charge on any atom is 0.157 e. The molecule has 18 heavy (non-hydrogen) atoms. The molecule has 3 nitrogen and oxygen atoms in total. The molecule has 0 amide bonds. The Kier molecular flexibility index (Phi) is 3.27. The highest BCUT2D eigenvalue weighted by molar-refractivity contribution is 6.21. The number of hydrogen-bond acceptors (Lipinski definition) is 2. The largest absolute Gasteiger partial charge is 0.486 e. The molecule has 0 radical (unpaired) electrons.